The first-order valence-corrected chi connectivity index (χ1v) is 10.5. The first kappa shape index (κ1) is 20.7. The summed E-state index contributed by atoms with van der Waals surface area (Å²) < 4.78 is 26.5. The normalized spacial score (nSPS) is 18.4. The molecular formula is C24H28F2N4. The van der Waals surface area contributed by atoms with E-state index in [4.69, 9.17) is 0 Å². The van der Waals surface area contributed by atoms with Gasteiger partial charge in [-0.25, -0.2) is 13.8 Å². The van der Waals surface area contributed by atoms with E-state index in [0.717, 1.165) is 54.2 Å². The molecule has 1 saturated heterocycles. The lowest BCUT2D eigenvalue weighted by Gasteiger charge is -2.34. The highest BCUT2D eigenvalue weighted by atomic mass is 19.3. The van der Waals surface area contributed by atoms with Crippen molar-refractivity contribution in [3.8, 4) is 0 Å². The third kappa shape index (κ3) is 4.93. The molecular weight excluding hydrogens is 382 g/mol. The summed E-state index contributed by atoms with van der Waals surface area (Å²) in [6.45, 7) is 8.38. The Morgan fingerprint density at radius 2 is 2.00 bits per heavy atom. The second-order valence-electron chi connectivity index (χ2n) is 8.60. The van der Waals surface area contributed by atoms with Crippen LogP contribution in [-0.2, 0) is 0 Å². The van der Waals surface area contributed by atoms with Gasteiger partial charge in [-0.3, -0.25) is 9.89 Å². The fraction of sp³-hybridized carbons (Fsp3) is 0.417. The Bertz CT molecular complexity index is 1010. The zero-order valence-electron chi connectivity index (χ0n) is 17.6. The Labute approximate surface area is 176 Å². The van der Waals surface area contributed by atoms with E-state index >= 15 is 0 Å². The van der Waals surface area contributed by atoms with Crippen molar-refractivity contribution >= 4 is 27.9 Å². The molecule has 2 aliphatic rings. The number of benzene rings is 1. The second kappa shape index (κ2) is 8.26. The number of pyridine rings is 1. The molecule has 158 valence electrons. The van der Waals surface area contributed by atoms with E-state index in [-0.39, 0.29) is 12.5 Å². The van der Waals surface area contributed by atoms with E-state index < -0.39 is 5.92 Å². The summed E-state index contributed by atoms with van der Waals surface area (Å²) in [5.41, 5.74) is 4.45. The number of anilines is 1. The van der Waals surface area contributed by atoms with Crippen molar-refractivity contribution in [2.45, 2.75) is 39.0 Å². The van der Waals surface area contributed by atoms with E-state index in [0.29, 0.717) is 13.1 Å². The average Bonchev–Trinajstić information content (AvgIpc) is 3.13. The van der Waals surface area contributed by atoms with Crippen molar-refractivity contribution in [1.82, 2.24) is 9.88 Å². The molecule has 1 aromatic heterocycles. The summed E-state index contributed by atoms with van der Waals surface area (Å²) in [4.78, 5) is 10.7. The van der Waals surface area contributed by atoms with Gasteiger partial charge in [-0.1, -0.05) is 18.7 Å². The molecule has 1 aromatic carbocycles. The Balaban J connectivity index is 1.40. The first-order valence-electron chi connectivity index (χ1n) is 10.5. The van der Waals surface area contributed by atoms with E-state index in [2.05, 4.69) is 40.1 Å². The van der Waals surface area contributed by atoms with Gasteiger partial charge < -0.3 is 5.32 Å². The van der Waals surface area contributed by atoms with Crippen molar-refractivity contribution < 1.29 is 8.78 Å². The van der Waals surface area contributed by atoms with Crippen LogP contribution in [0.15, 0.2) is 53.9 Å². The van der Waals surface area contributed by atoms with Crippen LogP contribution in [0.4, 0.5) is 14.6 Å². The molecule has 2 aliphatic heterocycles. The number of nitrogens with one attached hydrogen (secondary N) is 1. The van der Waals surface area contributed by atoms with Crippen molar-refractivity contribution in [2.24, 2.45) is 10.9 Å². The topological polar surface area (TPSA) is 40.5 Å². The number of fused-ring (bicyclic) bond motifs is 1. The zero-order valence-corrected chi connectivity index (χ0v) is 17.6. The summed E-state index contributed by atoms with van der Waals surface area (Å²) in [5.74, 6) is -1.62. The molecule has 1 N–H and O–H groups in total. The number of aromatic nitrogens is 1. The molecule has 0 atom stereocenters. The molecule has 6 heteroatoms. The molecule has 3 heterocycles. The van der Waals surface area contributed by atoms with Crippen molar-refractivity contribution in [1.29, 1.82) is 0 Å². The molecule has 2 aromatic rings. The minimum atomic E-state index is -2.64. The van der Waals surface area contributed by atoms with Gasteiger partial charge in [0, 0.05) is 48.5 Å². The molecule has 0 saturated carbocycles. The van der Waals surface area contributed by atoms with E-state index in [1.807, 2.05) is 30.3 Å². The maximum atomic E-state index is 13.2. The second-order valence-corrected chi connectivity index (χ2v) is 8.60. The number of allylic oxidation sites excluding steroid dienone is 2. The number of rotatable bonds is 6. The number of nitrogens with zero attached hydrogens (tertiary/aromatic N) is 3. The molecule has 30 heavy (non-hydrogen) atoms. The minimum absolute atomic E-state index is 0.171. The number of hydrogen-bond donors (Lipinski definition) is 1. The lowest BCUT2D eigenvalue weighted by Crippen LogP contribution is -2.41. The molecule has 1 fully saturated rings. The van der Waals surface area contributed by atoms with Gasteiger partial charge in [0.1, 0.15) is 5.82 Å². The van der Waals surface area contributed by atoms with Crippen LogP contribution in [-0.4, -0.2) is 41.2 Å². The average molecular weight is 411 g/mol. The Morgan fingerprint density at radius 1 is 1.23 bits per heavy atom. The van der Waals surface area contributed by atoms with Crippen LogP contribution in [0.2, 0.25) is 0 Å². The monoisotopic (exact) mass is 410 g/mol. The highest BCUT2D eigenvalue weighted by Gasteiger charge is 2.29. The van der Waals surface area contributed by atoms with Crippen LogP contribution in [0, 0.1) is 5.92 Å². The van der Waals surface area contributed by atoms with Crippen molar-refractivity contribution in [2.75, 3.05) is 25.0 Å². The van der Waals surface area contributed by atoms with Gasteiger partial charge in [-0.15, -0.1) is 0 Å². The van der Waals surface area contributed by atoms with Gasteiger partial charge in [0.05, 0.1) is 6.54 Å². The predicted molar refractivity (Wildman–Crippen MR) is 120 cm³/mol. The predicted octanol–water partition coefficient (Wildman–Crippen LogP) is 5.73. The summed E-state index contributed by atoms with van der Waals surface area (Å²) in [7, 11) is 0. The van der Waals surface area contributed by atoms with E-state index in [1.54, 1.807) is 0 Å². The first-order chi connectivity index (χ1) is 14.3. The third-order valence-electron chi connectivity index (χ3n) is 5.85. The van der Waals surface area contributed by atoms with E-state index in [9.17, 15) is 8.78 Å². The van der Waals surface area contributed by atoms with E-state index in [1.165, 1.54) is 11.1 Å². The van der Waals surface area contributed by atoms with Crippen LogP contribution in [0.3, 0.4) is 0 Å². The molecule has 4 nitrogen and oxygen atoms in total. The van der Waals surface area contributed by atoms with Crippen LogP contribution < -0.4 is 5.32 Å². The number of likely N-dealkylation sites (tertiary alicyclic amines) is 1. The highest BCUT2D eigenvalue weighted by molar-refractivity contribution is 5.98. The Kier molecular flexibility index (Phi) is 5.69. The van der Waals surface area contributed by atoms with Gasteiger partial charge >= 0.3 is 0 Å². The van der Waals surface area contributed by atoms with Crippen LogP contribution in [0.1, 0.15) is 38.7 Å². The van der Waals surface area contributed by atoms with Gasteiger partial charge in [-0.2, -0.15) is 0 Å². The number of hydrogen-bond acceptors (Lipinski definition) is 4. The number of alkyl halides is 2. The lowest BCUT2D eigenvalue weighted by atomic mass is 9.93. The molecule has 4 rings (SSSR count). The van der Waals surface area contributed by atoms with Crippen LogP contribution in [0.25, 0.3) is 16.3 Å². The molecule has 0 radical (unpaired) electrons. The van der Waals surface area contributed by atoms with Gasteiger partial charge in [0.2, 0.25) is 0 Å². The standard InChI is InChI=1S/C24H28F2N4/c1-16-10-22(14-27-16)19-4-5-20-13-28-23(12-21(20)11-19)29-17(2)18-6-8-30(9-7-18)15-24(3,25)26/h4-5,11-14,18H,2,6-10,15H2,1,3H3,(H,28,29). The summed E-state index contributed by atoms with van der Waals surface area (Å²) in [6.07, 6.45) is 6.35. The van der Waals surface area contributed by atoms with Crippen LogP contribution >= 0.6 is 0 Å². The smallest absolute Gasteiger partial charge is 0.257 e. The van der Waals surface area contributed by atoms with Gasteiger partial charge in [-0.05, 0) is 61.5 Å². The van der Waals surface area contributed by atoms with Crippen molar-refractivity contribution in [3.05, 3.63) is 54.5 Å². The fourth-order valence-corrected chi connectivity index (χ4v) is 4.24. The maximum Gasteiger partial charge on any atom is 0.257 e. The van der Waals surface area contributed by atoms with Crippen LogP contribution in [0.5, 0.6) is 0 Å². The molecule has 0 amide bonds. The summed E-state index contributed by atoms with van der Waals surface area (Å²) >= 11 is 0. The third-order valence-corrected chi connectivity index (χ3v) is 5.85. The molecule has 0 unspecified atom stereocenters. The summed E-state index contributed by atoms with van der Waals surface area (Å²) in [6, 6.07) is 8.42. The Hall–Kier alpha value is -2.60. The minimum Gasteiger partial charge on any atom is -0.344 e. The molecule has 0 bridgehead atoms. The maximum absolute atomic E-state index is 13.2. The summed E-state index contributed by atoms with van der Waals surface area (Å²) in [5, 5.41) is 5.55. The fourth-order valence-electron chi connectivity index (χ4n) is 4.24. The number of aliphatic imine (C=N–C) groups is 1. The highest BCUT2D eigenvalue weighted by Crippen LogP contribution is 2.29. The molecule has 0 aliphatic carbocycles. The van der Waals surface area contributed by atoms with Gasteiger partial charge in [0.25, 0.3) is 5.92 Å². The number of piperidine rings is 1. The molecule has 0 spiro atoms. The quantitative estimate of drug-likeness (QED) is 0.661. The lowest BCUT2D eigenvalue weighted by molar-refractivity contribution is -0.0210. The van der Waals surface area contributed by atoms with Gasteiger partial charge in [0.15, 0.2) is 0 Å². The zero-order chi connectivity index (χ0) is 21.3. The SMILES string of the molecule is C=C(Nc1cc2cc(C3=CN=C(C)C3)ccc2cn1)C1CCN(CC(C)(F)F)CC1. The number of halogens is 2. The largest absolute Gasteiger partial charge is 0.344 e. The van der Waals surface area contributed by atoms with Crippen molar-refractivity contribution in [3.63, 3.8) is 0 Å². The Morgan fingerprint density at radius 3 is 2.67 bits per heavy atom.